The highest BCUT2D eigenvalue weighted by Crippen LogP contribution is 2.34. The highest BCUT2D eigenvalue weighted by Gasteiger charge is 2.37. The fourth-order valence-electron chi connectivity index (χ4n) is 4.34. The monoisotopic (exact) mass is 367 g/mol. The van der Waals surface area contributed by atoms with Crippen LogP contribution < -0.4 is 5.73 Å². The molecular weight excluding hydrogens is 342 g/mol. The molecule has 0 spiro atoms. The fraction of sp³-hybridized carbons (Fsp3) is 0.450. The van der Waals surface area contributed by atoms with E-state index in [0.717, 1.165) is 36.1 Å². The number of aromatic amines is 1. The number of piperidine rings is 1. The second-order valence-corrected chi connectivity index (χ2v) is 7.35. The standard InChI is InChI=1S/C20H25N5O2/c21-20(27)25-10-4-7-17(25)19(26)24-11-8-15(9-12-24)18-16(13-22-23-18)14-5-2-1-3-6-14/h1-3,5-6,13,15,17H,4,7-12H2,(H2,21,27)(H,22,23)/t17-/m1/s1. The molecule has 3 amide bonds. The van der Waals surface area contributed by atoms with E-state index in [1.54, 1.807) is 0 Å². The third-order valence-electron chi connectivity index (χ3n) is 5.79. The lowest BCUT2D eigenvalue weighted by molar-refractivity contribution is -0.136. The maximum atomic E-state index is 12.9. The van der Waals surface area contributed by atoms with E-state index in [2.05, 4.69) is 22.3 Å². The normalized spacial score (nSPS) is 20.8. The maximum Gasteiger partial charge on any atom is 0.315 e. The minimum atomic E-state index is -0.495. The molecule has 3 N–H and O–H groups in total. The molecule has 0 unspecified atom stereocenters. The summed E-state index contributed by atoms with van der Waals surface area (Å²) < 4.78 is 0. The van der Waals surface area contributed by atoms with E-state index in [1.807, 2.05) is 29.3 Å². The number of H-pyrrole nitrogens is 1. The van der Waals surface area contributed by atoms with Crippen molar-refractivity contribution in [1.82, 2.24) is 20.0 Å². The largest absolute Gasteiger partial charge is 0.351 e. The van der Waals surface area contributed by atoms with Gasteiger partial charge in [-0.3, -0.25) is 9.89 Å². The van der Waals surface area contributed by atoms with Gasteiger partial charge in [0.1, 0.15) is 6.04 Å². The summed E-state index contributed by atoms with van der Waals surface area (Å²) in [5.74, 6) is 0.389. The molecule has 2 aliphatic rings. The predicted molar refractivity (Wildman–Crippen MR) is 102 cm³/mol. The molecule has 0 saturated carbocycles. The van der Waals surface area contributed by atoms with E-state index < -0.39 is 6.03 Å². The van der Waals surface area contributed by atoms with Crippen LogP contribution in [0.5, 0.6) is 0 Å². The van der Waals surface area contributed by atoms with Crippen molar-refractivity contribution in [3.05, 3.63) is 42.2 Å². The van der Waals surface area contributed by atoms with Crippen molar-refractivity contribution in [2.24, 2.45) is 5.73 Å². The van der Waals surface area contributed by atoms with Crippen LogP contribution >= 0.6 is 0 Å². The Morgan fingerprint density at radius 1 is 1.07 bits per heavy atom. The van der Waals surface area contributed by atoms with Gasteiger partial charge in [0.2, 0.25) is 5.91 Å². The summed E-state index contributed by atoms with van der Waals surface area (Å²) in [5, 5.41) is 7.43. The molecule has 0 bridgehead atoms. The van der Waals surface area contributed by atoms with Crippen LogP contribution in [0.1, 0.15) is 37.3 Å². The molecule has 2 fully saturated rings. The van der Waals surface area contributed by atoms with E-state index >= 15 is 0 Å². The van der Waals surface area contributed by atoms with Crippen molar-refractivity contribution in [2.45, 2.75) is 37.6 Å². The minimum absolute atomic E-state index is 0.0395. The van der Waals surface area contributed by atoms with Crippen molar-refractivity contribution in [2.75, 3.05) is 19.6 Å². The van der Waals surface area contributed by atoms with Crippen LogP contribution in [0.2, 0.25) is 0 Å². The van der Waals surface area contributed by atoms with Gasteiger partial charge in [0.25, 0.3) is 0 Å². The molecule has 1 aromatic heterocycles. The average Bonchev–Trinajstić information content (AvgIpc) is 3.38. The SMILES string of the molecule is NC(=O)N1CCC[C@@H]1C(=O)N1CCC(c2[nH]ncc2-c2ccccc2)CC1. The molecule has 0 radical (unpaired) electrons. The molecule has 2 aliphatic heterocycles. The second-order valence-electron chi connectivity index (χ2n) is 7.35. The average molecular weight is 367 g/mol. The number of benzene rings is 1. The van der Waals surface area contributed by atoms with Crippen LogP contribution in [0.3, 0.4) is 0 Å². The van der Waals surface area contributed by atoms with Gasteiger partial charge in [-0.2, -0.15) is 5.10 Å². The van der Waals surface area contributed by atoms with Crippen molar-refractivity contribution in [3.63, 3.8) is 0 Å². The highest BCUT2D eigenvalue weighted by molar-refractivity contribution is 5.87. The Balaban J connectivity index is 1.42. The van der Waals surface area contributed by atoms with Gasteiger partial charge in [-0.05, 0) is 31.2 Å². The summed E-state index contributed by atoms with van der Waals surface area (Å²) in [7, 11) is 0. The van der Waals surface area contributed by atoms with Crippen LogP contribution in [-0.4, -0.2) is 57.6 Å². The van der Waals surface area contributed by atoms with Crippen LogP contribution in [0.15, 0.2) is 36.5 Å². The van der Waals surface area contributed by atoms with E-state index in [4.69, 9.17) is 5.73 Å². The van der Waals surface area contributed by atoms with E-state index in [9.17, 15) is 9.59 Å². The number of nitrogens with zero attached hydrogens (tertiary/aromatic N) is 3. The summed E-state index contributed by atoms with van der Waals surface area (Å²) in [6.07, 6.45) is 5.20. The summed E-state index contributed by atoms with van der Waals surface area (Å²) in [5.41, 5.74) is 8.86. The van der Waals surface area contributed by atoms with E-state index in [-0.39, 0.29) is 11.9 Å². The van der Waals surface area contributed by atoms with Crippen molar-refractivity contribution in [1.29, 1.82) is 0 Å². The summed E-state index contributed by atoms with van der Waals surface area (Å²) in [6, 6.07) is 9.36. The number of urea groups is 1. The number of hydrogen-bond acceptors (Lipinski definition) is 3. The molecule has 7 nitrogen and oxygen atoms in total. The molecule has 1 aromatic carbocycles. The zero-order valence-electron chi connectivity index (χ0n) is 15.3. The van der Waals surface area contributed by atoms with Gasteiger partial charge in [0.05, 0.1) is 6.20 Å². The minimum Gasteiger partial charge on any atom is -0.351 e. The molecule has 0 aliphatic carbocycles. The molecule has 27 heavy (non-hydrogen) atoms. The first-order valence-electron chi connectivity index (χ1n) is 9.58. The molecule has 2 saturated heterocycles. The Morgan fingerprint density at radius 2 is 1.81 bits per heavy atom. The number of carbonyl (C=O) groups excluding carboxylic acids is 2. The predicted octanol–water partition coefficient (Wildman–Crippen LogP) is 2.33. The topological polar surface area (TPSA) is 95.3 Å². The number of aromatic nitrogens is 2. The molecule has 1 atom stereocenters. The van der Waals surface area contributed by atoms with Gasteiger partial charge in [0.15, 0.2) is 0 Å². The van der Waals surface area contributed by atoms with Crippen LogP contribution in [0.25, 0.3) is 11.1 Å². The number of amides is 3. The van der Waals surface area contributed by atoms with Crippen LogP contribution in [-0.2, 0) is 4.79 Å². The quantitative estimate of drug-likeness (QED) is 0.871. The second kappa shape index (κ2) is 7.42. The third-order valence-corrected chi connectivity index (χ3v) is 5.79. The first-order valence-corrected chi connectivity index (χ1v) is 9.58. The summed E-state index contributed by atoms with van der Waals surface area (Å²) in [6.45, 7) is 1.97. The van der Waals surface area contributed by atoms with Crippen LogP contribution in [0, 0.1) is 0 Å². The summed E-state index contributed by atoms with van der Waals surface area (Å²) >= 11 is 0. The highest BCUT2D eigenvalue weighted by atomic mass is 16.2. The number of nitrogens with two attached hydrogens (primary N) is 1. The Kier molecular flexibility index (Phi) is 4.83. The number of rotatable bonds is 3. The van der Waals surface area contributed by atoms with Gasteiger partial charge in [-0.1, -0.05) is 30.3 Å². The molecule has 4 rings (SSSR count). The van der Waals surface area contributed by atoms with E-state index in [1.165, 1.54) is 4.90 Å². The lowest BCUT2D eigenvalue weighted by Crippen LogP contribution is -2.51. The number of likely N-dealkylation sites (tertiary alicyclic amines) is 2. The van der Waals surface area contributed by atoms with E-state index in [0.29, 0.717) is 32.0 Å². The number of carbonyl (C=O) groups is 2. The maximum absolute atomic E-state index is 12.9. The van der Waals surface area contributed by atoms with Gasteiger partial charge >= 0.3 is 6.03 Å². The third kappa shape index (κ3) is 3.41. The first kappa shape index (κ1) is 17.6. The zero-order chi connectivity index (χ0) is 18.8. The molecule has 3 heterocycles. The Labute approximate surface area is 158 Å². The lowest BCUT2D eigenvalue weighted by Gasteiger charge is -2.35. The Hall–Kier alpha value is -2.83. The lowest BCUT2D eigenvalue weighted by atomic mass is 9.89. The Morgan fingerprint density at radius 3 is 2.52 bits per heavy atom. The summed E-state index contributed by atoms with van der Waals surface area (Å²) in [4.78, 5) is 27.8. The van der Waals surface area contributed by atoms with Gasteiger partial charge < -0.3 is 15.5 Å². The molecule has 7 heteroatoms. The van der Waals surface area contributed by atoms with Gasteiger partial charge in [0, 0.05) is 36.8 Å². The van der Waals surface area contributed by atoms with Crippen LogP contribution in [0.4, 0.5) is 4.79 Å². The first-order chi connectivity index (χ1) is 13.1. The molecule has 2 aromatic rings. The fourth-order valence-corrected chi connectivity index (χ4v) is 4.34. The smallest absolute Gasteiger partial charge is 0.315 e. The molecular formula is C20H25N5O2. The molecule has 142 valence electrons. The number of nitrogens with one attached hydrogen (secondary N) is 1. The zero-order valence-corrected chi connectivity index (χ0v) is 15.3. The van der Waals surface area contributed by atoms with Crippen molar-refractivity contribution < 1.29 is 9.59 Å². The Bertz CT molecular complexity index is 811. The number of hydrogen-bond donors (Lipinski definition) is 2. The van der Waals surface area contributed by atoms with Crippen molar-refractivity contribution >= 4 is 11.9 Å². The van der Waals surface area contributed by atoms with Gasteiger partial charge in [-0.15, -0.1) is 0 Å². The van der Waals surface area contributed by atoms with Gasteiger partial charge in [-0.25, -0.2) is 4.79 Å². The van der Waals surface area contributed by atoms with Crippen molar-refractivity contribution in [3.8, 4) is 11.1 Å². The number of primary amides is 1.